The maximum Gasteiger partial charge on any atom is 0.234 e. The lowest BCUT2D eigenvalue weighted by Gasteiger charge is -2.04. The molecule has 0 fully saturated rings. The summed E-state index contributed by atoms with van der Waals surface area (Å²) in [5.74, 6) is 7.06. The molecule has 0 aliphatic carbocycles. The summed E-state index contributed by atoms with van der Waals surface area (Å²) in [6.45, 7) is 2.29. The smallest absolute Gasteiger partial charge is 0.234 e. The Bertz CT molecular complexity index is 275. The summed E-state index contributed by atoms with van der Waals surface area (Å²) in [5.41, 5.74) is 2.17. The van der Waals surface area contributed by atoms with E-state index in [2.05, 4.69) is 12.3 Å². The maximum atomic E-state index is 10.9. The number of hydrazine groups is 1. The van der Waals surface area contributed by atoms with E-state index < -0.39 is 0 Å². The minimum Gasteiger partial charge on any atom is -0.294 e. The minimum absolute atomic E-state index is 0.0560. The highest BCUT2D eigenvalue weighted by Gasteiger charge is 1.98. The molecular formula is C21H44N2OS. The summed E-state index contributed by atoms with van der Waals surface area (Å²) in [7, 11) is 0. The van der Waals surface area contributed by atoms with Crippen molar-refractivity contribution in [2.24, 2.45) is 5.84 Å². The Morgan fingerprint density at radius 1 is 0.680 bits per heavy atom. The molecule has 0 spiro atoms. The zero-order valence-electron chi connectivity index (χ0n) is 16.8. The Kier molecular flexibility index (Phi) is 21.6. The van der Waals surface area contributed by atoms with Gasteiger partial charge < -0.3 is 0 Å². The first-order valence-corrected chi connectivity index (χ1v) is 12.0. The zero-order valence-corrected chi connectivity index (χ0v) is 17.6. The van der Waals surface area contributed by atoms with E-state index in [4.69, 9.17) is 5.84 Å². The first kappa shape index (κ1) is 24.8. The van der Waals surface area contributed by atoms with Crippen LogP contribution < -0.4 is 11.3 Å². The van der Waals surface area contributed by atoms with Crippen LogP contribution >= 0.6 is 11.8 Å². The van der Waals surface area contributed by atoms with Gasteiger partial charge in [-0.3, -0.25) is 10.2 Å². The molecule has 3 nitrogen and oxygen atoms in total. The van der Waals surface area contributed by atoms with E-state index in [-0.39, 0.29) is 5.91 Å². The lowest BCUT2D eigenvalue weighted by molar-refractivity contribution is -0.120. The molecule has 0 aliphatic rings. The summed E-state index contributed by atoms with van der Waals surface area (Å²) in [6, 6.07) is 0. The number of amides is 1. The predicted octanol–water partition coefficient (Wildman–Crippen LogP) is 6.36. The average Bonchev–Trinajstić information content (AvgIpc) is 2.63. The highest BCUT2D eigenvalue weighted by Crippen LogP contribution is 2.14. The average molecular weight is 373 g/mol. The molecule has 25 heavy (non-hydrogen) atoms. The van der Waals surface area contributed by atoms with E-state index in [0.717, 1.165) is 5.75 Å². The topological polar surface area (TPSA) is 55.1 Å². The van der Waals surface area contributed by atoms with Crippen LogP contribution in [0, 0.1) is 0 Å². The van der Waals surface area contributed by atoms with Gasteiger partial charge in [0, 0.05) is 12.2 Å². The van der Waals surface area contributed by atoms with Crippen LogP contribution in [0.2, 0.25) is 0 Å². The second kappa shape index (κ2) is 21.8. The molecule has 0 aromatic rings. The number of carbonyl (C=O) groups excluding carboxylic acids is 1. The van der Waals surface area contributed by atoms with Gasteiger partial charge in [0.15, 0.2) is 0 Å². The lowest BCUT2D eigenvalue weighted by atomic mass is 10.0. The molecule has 0 unspecified atom stereocenters. The summed E-state index contributed by atoms with van der Waals surface area (Å²) < 4.78 is 0. The van der Waals surface area contributed by atoms with Crippen molar-refractivity contribution < 1.29 is 4.79 Å². The number of hydrogen-bond donors (Lipinski definition) is 2. The van der Waals surface area contributed by atoms with Crippen molar-refractivity contribution in [1.29, 1.82) is 0 Å². The number of rotatable bonds is 20. The fraction of sp³-hybridized carbons (Fsp3) is 0.952. The van der Waals surface area contributed by atoms with E-state index in [1.54, 1.807) is 0 Å². The highest BCUT2D eigenvalue weighted by molar-refractivity contribution is 7.99. The lowest BCUT2D eigenvalue weighted by Crippen LogP contribution is -2.30. The van der Waals surface area contributed by atoms with Crippen molar-refractivity contribution in [2.75, 3.05) is 11.5 Å². The van der Waals surface area contributed by atoms with Gasteiger partial charge in [-0.25, -0.2) is 5.84 Å². The van der Waals surface area contributed by atoms with Crippen LogP contribution in [-0.2, 0) is 4.79 Å². The second-order valence-electron chi connectivity index (χ2n) is 7.23. The van der Waals surface area contributed by atoms with Gasteiger partial charge in [-0.05, 0) is 12.2 Å². The molecule has 0 radical (unpaired) electrons. The molecule has 4 heteroatoms. The summed E-state index contributed by atoms with van der Waals surface area (Å²) in [4.78, 5) is 10.9. The third kappa shape index (κ3) is 21.7. The fourth-order valence-corrected chi connectivity index (χ4v) is 4.03. The van der Waals surface area contributed by atoms with Gasteiger partial charge in [0.05, 0.1) is 0 Å². The van der Waals surface area contributed by atoms with E-state index in [9.17, 15) is 4.79 Å². The molecule has 0 aromatic carbocycles. The normalized spacial score (nSPS) is 11.0. The van der Waals surface area contributed by atoms with Gasteiger partial charge in [0.1, 0.15) is 0 Å². The molecular weight excluding hydrogens is 328 g/mol. The number of hydrogen-bond acceptors (Lipinski definition) is 3. The van der Waals surface area contributed by atoms with Gasteiger partial charge in [0.25, 0.3) is 0 Å². The van der Waals surface area contributed by atoms with Crippen LogP contribution in [0.3, 0.4) is 0 Å². The van der Waals surface area contributed by atoms with Crippen molar-refractivity contribution in [3.8, 4) is 0 Å². The third-order valence-corrected chi connectivity index (χ3v) is 5.85. The molecule has 150 valence electrons. The monoisotopic (exact) mass is 372 g/mol. The van der Waals surface area contributed by atoms with Gasteiger partial charge in [0.2, 0.25) is 5.91 Å². The molecule has 0 saturated carbocycles. The van der Waals surface area contributed by atoms with Gasteiger partial charge in [-0.1, -0.05) is 103 Å². The molecule has 1 amide bonds. The van der Waals surface area contributed by atoms with Crippen LogP contribution in [-0.4, -0.2) is 17.4 Å². The van der Waals surface area contributed by atoms with Crippen molar-refractivity contribution in [2.45, 2.75) is 116 Å². The third-order valence-electron chi connectivity index (χ3n) is 4.78. The fourth-order valence-electron chi connectivity index (χ4n) is 3.09. The number of thioether (sulfide) groups is 1. The van der Waals surface area contributed by atoms with Crippen molar-refractivity contribution in [3.05, 3.63) is 0 Å². The van der Waals surface area contributed by atoms with Crippen LogP contribution in [0.1, 0.15) is 116 Å². The molecule has 0 rings (SSSR count). The van der Waals surface area contributed by atoms with Crippen LogP contribution in [0.15, 0.2) is 0 Å². The summed E-state index contributed by atoms with van der Waals surface area (Å²) in [5, 5.41) is 0. The van der Waals surface area contributed by atoms with E-state index in [1.165, 1.54) is 108 Å². The molecule has 3 N–H and O–H groups in total. The van der Waals surface area contributed by atoms with Crippen LogP contribution in [0.4, 0.5) is 0 Å². The number of unbranched alkanes of at least 4 members (excludes halogenated alkanes) is 15. The number of nitrogens with one attached hydrogen (secondary N) is 1. The largest absolute Gasteiger partial charge is 0.294 e. The van der Waals surface area contributed by atoms with Gasteiger partial charge >= 0.3 is 0 Å². The predicted molar refractivity (Wildman–Crippen MR) is 114 cm³/mol. The maximum absolute atomic E-state index is 10.9. The molecule has 0 aliphatic heterocycles. The molecule has 0 saturated heterocycles. The van der Waals surface area contributed by atoms with E-state index in [1.807, 2.05) is 11.8 Å². The summed E-state index contributed by atoms with van der Waals surface area (Å²) >= 11 is 1.87. The minimum atomic E-state index is -0.0560. The van der Waals surface area contributed by atoms with Gasteiger partial charge in [-0.2, -0.15) is 11.8 Å². The molecule has 0 aromatic heterocycles. The Hall–Kier alpha value is -0.220. The molecule has 0 heterocycles. The Morgan fingerprint density at radius 3 is 1.48 bits per heavy atom. The number of nitrogens with two attached hydrogens (primary N) is 1. The Morgan fingerprint density at radius 2 is 1.08 bits per heavy atom. The van der Waals surface area contributed by atoms with E-state index in [0.29, 0.717) is 6.42 Å². The quantitative estimate of drug-likeness (QED) is 0.113. The molecule has 0 atom stereocenters. The van der Waals surface area contributed by atoms with Crippen LogP contribution in [0.25, 0.3) is 0 Å². The van der Waals surface area contributed by atoms with E-state index >= 15 is 0 Å². The first-order chi connectivity index (χ1) is 12.3. The van der Waals surface area contributed by atoms with Crippen LogP contribution in [0.5, 0.6) is 0 Å². The van der Waals surface area contributed by atoms with Crippen molar-refractivity contribution in [1.82, 2.24) is 5.43 Å². The highest BCUT2D eigenvalue weighted by atomic mass is 32.2. The first-order valence-electron chi connectivity index (χ1n) is 10.9. The zero-order chi connectivity index (χ0) is 18.4. The molecule has 0 bridgehead atoms. The summed E-state index contributed by atoms with van der Waals surface area (Å²) in [6.07, 6.45) is 23.2. The standard InChI is InChI=1S/C21H44N2OS/c1-2-3-4-5-6-7-8-9-10-11-12-13-14-15-16-17-19-25-20-18-21(24)23-22/h2-20,22H2,1H3,(H,23,24). The second-order valence-corrected chi connectivity index (χ2v) is 8.46. The van der Waals surface area contributed by atoms with Crippen molar-refractivity contribution >= 4 is 17.7 Å². The number of carbonyl (C=O) groups is 1. The van der Waals surface area contributed by atoms with Gasteiger partial charge in [-0.15, -0.1) is 0 Å². The SMILES string of the molecule is CCCCCCCCCCCCCCCCCCSCCC(=O)NN. The van der Waals surface area contributed by atoms with Crippen molar-refractivity contribution in [3.63, 3.8) is 0 Å². The Balaban J connectivity index is 2.99. The Labute approximate surface area is 161 Å².